The Hall–Kier alpha value is -1.96. The van der Waals surface area contributed by atoms with Crippen molar-refractivity contribution in [3.63, 3.8) is 0 Å². The van der Waals surface area contributed by atoms with Crippen LogP contribution in [0.25, 0.3) is 0 Å². The minimum absolute atomic E-state index is 0.304. The van der Waals surface area contributed by atoms with E-state index >= 15 is 0 Å². The van der Waals surface area contributed by atoms with Crippen LogP contribution in [-0.2, 0) is 6.42 Å². The zero-order valence-corrected chi connectivity index (χ0v) is 11.0. The second-order valence-electron chi connectivity index (χ2n) is 5.47. The van der Waals surface area contributed by atoms with Crippen LogP contribution in [0.1, 0.15) is 36.0 Å². The Morgan fingerprint density at radius 2 is 1.63 bits per heavy atom. The molecule has 2 N–H and O–H groups in total. The maximum Gasteiger partial charge on any atom is 0.115 e. The van der Waals surface area contributed by atoms with Crippen molar-refractivity contribution in [2.45, 2.75) is 25.7 Å². The van der Waals surface area contributed by atoms with Gasteiger partial charge in [0.1, 0.15) is 11.5 Å². The van der Waals surface area contributed by atoms with E-state index < -0.39 is 0 Å². The highest BCUT2D eigenvalue weighted by molar-refractivity contribution is 5.44. The summed E-state index contributed by atoms with van der Waals surface area (Å²) < 4.78 is 0. The van der Waals surface area contributed by atoms with E-state index in [1.807, 2.05) is 24.3 Å². The number of rotatable bonds is 1. The highest BCUT2D eigenvalue weighted by atomic mass is 16.3. The number of fused-ring (bicyclic) bond motifs is 1. The maximum atomic E-state index is 9.61. The van der Waals surface area contributed by atoms with E-state index in [4.69, 9.17) is 0 Å². The van der Waals surface area contributed by atoms with Gasteiger partial charge in [0.05, 0.1) is 0 Å². The van der Waals surface area contributed by atoms with Crippen LogP contribution >= 0.6 is 0 Å². The predicted molar refractivity (Wildman–Crippen MR) is 75.5 cm³/mol. The molecule has 0 saturated heterocycles. The van der Waals surface area contributed by atoms with Gasteiger partial charge in [0.25, 0.3) is 0 Å². The molecule has 0 aromatic heterocycles. The molecule has 3 rings (SSSR count). The third kappa shape index (κ3) is 2.19. The van der Waals surface area contributed by atoms with Crippen LogP contribution in [0.2, 0.25) is 0 Å². The second kappa shape index (κ2) is 4.61. The third-order valence-electron chi connectivity index (χ3n) is 4.15. The molecule has 2 aromatic rings. The molecule has 0 saturated carbocycles. The Balaban J connectivity index is 2.08. The molecule has 2 atom stereocenters. The SMILES string of the molecule is CC1CCc2cc(O)ccc2C1c1ccc(O)cc1. The first-order valence-corrected chi connectivity index (χ1v) is 6.76. The number of benzene rings is 2. The van der Waals surface area contributed by atoms with Crippen molar-refractivity contribution in [1.82, 2.24) is 0 Å². The number of aryl methyl sites for hydroxylation is 1. The van der Waals surface area contributed by atoms with Gasteiger partial charge in [-0.1, -0.05) is 25.1 Å². The van der Waals surface area contributed by atoms with E-state index in [0.29, 0.717) is 23.3 Å². The molecule has 1 aliphatic carbocycles. The van der Waals surface area contributed by atoms with E-state index in [0.717, 1.165) is 12.8 Å². The van der Waals surface area contributed by atoms with Gasteiger partial charge in [-0.25, -0.2) is 0 Å². The van der Waals surface area contributed by atoms with Crippen LogP contribution in [-0.4, -0.2) is 10.2 Å². The summed E-state index contributed by atoms with van der Waals surface area (Å²) in [6.45, 7) is 2.27. The van der Waals surface area contributed by atoms with Gasteiger partial charge in [-0.15, -0.1) is 0 Å². The number of aromatic hydroxyl groups is 2. The lowest BCUT2D eigenvalue weighted by Gasteiger charge is -2.32. The van der Waals surface area contributed by atoms with Gasteiger partial charge in [0.15, 0.2) is 0 Å². The van der Waals surface area contributed by atoms with Gasteiger partial charge in [-0.05, 0) is 59.7 Å². The molecular weight excluding hydrogens is 236 g/mol. The normalized spacial score (nSPS) is 21.9. The molecule has 0 bridgehead atoms. The van der Waals surface area contributed by atoms with Crippen molar-refractivity contribution in [1.29, 1.82) is 0 Å². The number of phenolic OH excluding ortho intramolecular Hbond substituents is 2. The first-order valence-electron chi connectivity index (χ1n) is 6.76. The molecule has 0 radical (unpaired) electrons. The summed E-state index contributed by atoms with van der Waals surface area (Å²) in [6, 6.07) is 13.2. The molecule has 98 valence electrons. The predicted octanol–water partition coefficient (Wildman–Crippen LogP) is 3.81. The van der Waals surface area contributed by atoms with Crippen molar-refractivity contribution < 1.29 is 10.2 Å². The molecule has 1 aliphatic rings. The van der Waals surface area contributed by atoms with E-state index in [2.05, 4.69) is 6.92 Å². The van der Waals surface area contributed by atoms with E-state index in [1.165, 1.54) is 16.7 Å². The van der Waals surface area contributed by atoms with Crippen LogP contribution < -0.4 is 0 Å². The summed E-state index contributed by atoms with van der Waals surface area (Å²) in [7, 11) is 0. The first-order chi connectivity index (χ1) is 9.15. The number of hydrogen-bond donors (Lipinski definition) is 2. The fraction of sp³-hybridized carbons (Fsp3) is 0.294. The Morgan fingerprint density at radius 1 is 0.947 bits per heavy atom. The van der Waals surface area contributed by atoms with Crippen molar-refractivity contribution in [2.75, 3.05) is 0 Å². The lowest BCUT2D eigenvalue weighted by molar-refractivity contribution is 0.437. The Morgan fingerprint density at radius 3 is 2.37 bits per heavy atom. The largest absolute Gasteiger partial charge is 0.508 e. The molecule has 2 nitrogen and oxygen atoms in total. The van der Waals surface area contributed by atoms with E-state index in [1.54, 1.807) is 18.2 Å². The molecule has 19 heavy (non-hydrogen) atoms. The molecular formula is C17H18O2. The van der Waals surface area contributed by atoms with Crippen molar-refractivity contribution in [3.05, 3.63) is 59.2 Å². The average Bonchev–Trinajstić information content (AvgIpc) is 2.40. The van der Waals surface area contributed by atoms with Crippen LogP contribution in [0.4, 0.5) is 0 Å². The summed E-state index contributed by atoms with van der Waals surface area (Å²) in [6.07, 6.45) is 2.15. The summed E-state index contributed by atoms with van der Waals surface area (Å²) in [5.41, 5.74) is 3.79. The third-order valence-corrected chi connectivity index (χ3v) is 4.15. The minimum atomic E-state index is 0.304. The van der Waals surface area contributed by atoms with Crippen molar-refractivity contribution >= 4 is 0 Å². The monoisotopic (exact) mass is 254 g/mol. The molecule has 2 heteroatoms. The van der Waals surface area contributed by atoms with Gasteiger partial charge < -0.3 is 10.2 Å². The van der Waals surface area contributed by atoms with Gasteiger partial charge >= 0.3 is 0 Å². The molecule has 2 aromatic carbocycles. The summed E-state index contributed by atoms with van der Waals surface area (Å²) in [5.74, 6) is 1.57. The number of phenols is 2. The van der Waals surface area contributed by atoms with Crippen LogP contribution in [0.3, 0.4) is 0 Å². The maximum absolute atomic E-state index is 9.61. The van der Waals surface area contributed by atoms with Crippen LogP contribution in [0, 0.1) is 5.92 Å². The van der Waals surface area contributed by atoms with Gasteiger partial charge in [-0.3, -0.25) is 0 Å². The Labute approximate surface area is 113 Å². The highest BCUT2D eigenvalue weighted by Gasteiger charge is 2.27. The first kappa shape index (κ1) is 12.1. The molecule has 0 aliphatic heterocycles. The van der Waals surface area contributed by atoms with Gasteiger partial charge in [-0.2, -0.15) is 0 Å². The van der Waals surface area contributed by atoms with Gasteiger partial charge in [0, 0.05) is 5.92 Å². The van der Waals surface area contributed by atoms with Gasteiger partial charge in [0.2, 0.25) is 0 Å². The summed E-state index contributed by atoms with van der Waals surface area (Å²) in [5, 5.41) is 19.0. The molecule has 0 spiro atoms. The zero-order valence-electron chi connectivity index (χ0n) is 11.0. The highest BCUT2D eigenvalue weighted by Crippen LogP contribution is 2.41. The summed E-state index contributed by atoms with van der Waals surface area (Å²) >= 11 is 0. The molecule has 0 heterocycles. The van der Waals surface area contributed by atoms with Crippen LogP contribution in [0.5, 0.6) is 11.5 Å². The van der Waals surface area contributed by atoms with Crippen molar-refractivity contribution in [3.8, 4) is 11.5 Å². The topological polar surface area (TPSA) is 40.5 Å². The van der Waals surface area contributed by atoms with Crippen LogP contribution in [0.15, 0.2) is 42.5 Å². The number of hydrogen-bond acceptors (Lipinski definition) is 2. The van der Waals surface area contributed by atoms with E-state index in [-0.39, 0.29) is 0 Å². The minimum Gasteiger partial charge on any atom is -0.508 e. The zero-order chi connectivity index (χ0) is 13.4. The van der Waals surface area contributed by atoms with E-state index in [9.17, 15) is 10.2 Å². The smallest absolute Gasteiger partial charge is 0.115 e. The fourth-order valence-electron chi connectivity index (χ4n) is 3.16. The van der Waals surface area contributed by atoms with Crippen molar-refractivity contribution in [2.24, 2.45) is 5.92 Å². The lowest BCUT2D eigenvalue weighted by atomic mass is 9.72. The lowest BCUT2D eigenvalue weighted by Crippen LogP contribution is -2.19. The Kier molecular flexibility index (Phi) is 2.94. The molecule has 2 unspecified atom stereocenters. The second-order valence-corrected chi connectivity index (χ2v) is 5.47. The summed E-state index contributed by atoms with van der Waals surface area (Å²) in [4.78, 5) is 0. The fourth-order valence-corrected chi connectivity index (χ4v) is 3.16. The Bertz CT molecular complexity index is 587. The standard InChI is InChI=1S/C17H18O2/c1-11-2-3-13-10-15(19)8-9-16(13)17(11)12-4-6-14(18)7-5-12/h4-11,17-19H,2-3H2,1H3. The average molecular weight is 254 g/mol. The quantitative estimate of drug-likeness (QED) is 0.812. The molecule has 0 fully saturated rings. The molecule has 0 amide bonds.